The molecular weight excluding hydrogens is 225 g/mol. The van der Waals surface area contributed by atoms with Crippen LogP contribution in [0.2, 0.25) is 5.02 Å². The number of carboxylic acids is 1. The van der Waals surface area contributed by atoms with Crippen molar-refractivity contribution < 1.29 is 19.4 Å². The van der Waals surface area contributed by atoms with E-state index in [1.54, 1.807) is 0 Å². The summed E-state index contributed by atoms with van der Waals surface area (Å²) in [6.07, 6.45) is -0.434. The molecular formula is C9H9ClFNO3. The van der Waals surface area contributed by atoms with Crippen LogP contribution in [0, 0.1) is 5.82 Å². The lowest BCUT2D eigenvalue weighted by atomic mass is 10.0. The normalized spacial score (nSPS) is 12.5. The van der Waals surface area contributed by atoms with Crippen molar-refractivity contribution in [3.8, 4) is 5.75 Å². The number of halogens is 2. The molecule has 4 nitrogen and oxygen atoms in total. The molecule has 6 heteroatoms. The number of aromatic hydroxyl groups is 1. The second kappa shape index (κ2) is 4.46. The molecule has 0 aliphatic heterocycles. The third kappa shape index (κ3) is 2.57. The number of aliphatic carboxylic acids is 1. The van der Waals surface area contributed by atoms with Crippen LogP contribution >= 0.6 is 11.6 Å². The Hall–Kier alpha value is -1.33. The number of rotatable bonds is 3. The summed E-state index contributed by atoms with van der Waals surface area (Å²) in [6, 6.07) is 1.16. The van der Waals surface area contributed by atoms with Gasteiger partial charge in [-0.15, -0.1) is 0 Å². The van der Waals surface area contributed by atoms with Gasteiger partial charge in [0.05, 0.1) is 6.42 Å². The molecule has 0 heterocycles. The van der Waals surface area contributed by atoms with Crippen molar-refractivity contribution in [1.29, 1.82) is 0 Å². The summed E-state index contributed by atoms with van der Waals surface area (Å²) in [5, 5.41) is 17.9. The maximum Gasteiger partial charge on any atom is 0.305 e. The first-order chi connectivity index (χ1) is 6.93. The zero-order valence-corrected chi connectivity index (χ0v) is 8.33. The van der Waals surface area contributed by atoms with E-state index in [0.29, 0.717) is 0 Å². The predicted molar refractivity (Wildman–Crippen MR) is 52.3 cm³/mol. The van der Waals surface area contributed by atoms with Crippen molar-refractivity contribution in [1.82, 2.24) is 0 Å². The van der Waals surface area contributed by atoms with E-state index in [1.165, 1.54) is 6.07 Å². The Kier molecular flexibility index (Phi) is 3.49. The summed E-state index contributed by atoms with van der Waals surface area (Å²) in [7, 11) is 0. The monoisotopic (exact) mass is 233 g/mol. The topological polar surface area (TPSA) is 83.6 Å². The molecule has 0 amide bonds. The highest BCUT2D eigenvalue weighted by molar-refractivity contribution is 6.31. The maximum absolute atomic E-state index is 12.9. The van der Waals surface area contributed by atoms with Crippen molar-refractivity contribution in [3.63, 3.8) is 0 Å². The Morgan fingerprint density at radius 1 is 1.60 bits per heavy atom. The third-order valence-corrected chi connectivity index (χ3v) is 2.21. The average Bonchev–Trinajstić information content (AvgIpc) is 2.11. The first kappa shape index (κ1) is 11.7. The molecule has 0 aromatic heterocycles. The number of nitrogens with two attached hydrogens (primary N) is 1. The molecule has 0 spiro atoms. The summed E-state index contributed by atoms with van der Waals surface area (Å²) in [5.74, 6) is -2.73. The molecule has 0 aliphatic carbocycles. The molecule has 0 radical (unpaired) electrons. The first-order valence-electron chi connectivity index (χ1n) is 4.07. The van der Waals surface area contributed by atoms with Crippen LogP contribution in [0.5, 0.6) is 5.75 Å². The van der Waals surface area contributed by atoms with Crippen LogP contribution in [-0.4, -0.2) is 16.2 Å². The van der Waals surface area contributed by atoms with Gasteiger partial charge in [0.15, 0.2) is 11.6 Å². The Labute approximate surface area is 90.1 Å². The second-order valence-electron chi connectivity index (χ2n) is 3.00. The smallest absolute Gasteiger partial charge is 0.305 e. The molecule has 4 N–H and O–H groups in total. The summed E-state index contributed by atoms with van der Waals surface area (Å²) in [4.78, 5) is 10.4. The minimum atomic E-state index is -1.15. The molecule has 0 fully saturated rings. The quantitative estimate of drug-likeness (QED) is 0.741. The largest absolute Gasteiger partial charge is 0.505 e. The molecule has 15 heavy (non-hydrogen) atoms. The van der Waals surface area contributed by atoms with E-state index in [9.17, 15) is 14.3 Å². The fourth-order valence-electron chi connectivity index (χ4n) is 1.20. The molecule has 1 atom stereocenters. The van der Waals surface area contributed by atoms with Gasteiger partial charge < -0.3 is 15.9 Å². The fraction of sp³-hybridized carbons (Fsp3) is 0.222. The summed E-state index contributed by atoms with van der Waals surface area (Å²) in [6.45, 7) is 0. The van der Waals surface area contributed by atoms with Crippen LogP contribution in [0.25, 0.3) is 0 Å². The highest BCUT2D eigenvalue weighted by atomic mass is 35.5. The Morgan fingerprint density at radius 3 is 2.73 bits per heavy atom. The van der Waals surface area contributed by atoms with Gasteiger partial charge in [0.1, 0.15) is 0 Å². The van der Waals surface area contributed by atoms with Crippen molar-refractivity contribution in [2.45, 2.75) is 12.5 Å². The van der Waals surface area contributed by atoms with Gasteiger partial charge in [0.25, 0.3) is 0 Å². The highest BCUT2D eigenvalue weighted by Gasteiger charge is 2.20. The standard InChI is InChI=1S/C9H9ClFNO3/c10-4-1-2-5(11)9(15)8(4)6(12)3-7(13)14/h1-2,6,15H,3,12H2,(H,13,14). The Bertz CT molecular complexity index is 397. The summed E-state index contributed by atoms with van der Waals surface area (Å²) < 4.78 is 12.9. The van der Waals surface area contributed by atoms with Crippen LogP contribution in [0.3, 0.4) is 0 Å². The number of benzene rings is 1. The van der Waals surface area contributed by atoms with E-state index < -0.39 is 30.0 Å². The van der Waals surface area contributed by atoms with E-state index in [2.05, 4.69) is 0 Å². The molecule has 1 aromatic rings. The summed E-state index contributed by atoms with van der Waals surface area (Å²) in [5.41, 5.74) is 5.39. The number of carboxylic acid groups (broad SMARTS) is 1. The van der Waals surface area contributed by atoms with Crippen LogP contribution in [0.15, 0.2) is 12.1 Å². The van der Waals surface area contributed by atoms with Gasteiger partial charge in [-0.3, -0.25) is 4.79 Å². The van der Waals surface area contributed by atoms with Gasteiger partial charge in [-0.2, -0.15) is 0 Å². The molecule has 0 bridgehead atoms. The molecule has 0 saturated carbocycles. The fourth-order valence-corrected chi connectivity index (χ4v) is 1.49. The molecule has 1 rings (SSSR count). The average molecular weight is 234 g/mol. The van der Waals surface area contributed by atoms with Crippen molar-refractivity contribution >= 4 is 17.6 Å². The van der Waals surface area contributed by atoms with E-state index in [1.807, 2.05) is 0 Å². The van der Waals surface area contributed by atoms with Gasteiger partial charge in [-0.1, -0.05) is 11.6 Å². The lowest BCUT2D eigenvalue weighted by Gasteiger charge is -2.13. The minimum absolute atomic E-state index is 0.0441. The number of hydrogen-bond donors (Lipinski definition) is 3. The molecule has 0 saturated heterocycles. The van der Waals surface area contributed by atoms with E-state index in [0.717, 1.165) is 6.07 Å². The van der Waals surface area contributed by atoms with Crippen molar-refractivity contribution in [2.24, 2.45) is 5.73 Å². The summed E-state index contributed by atoms with van der Waals surface area (Å²) >= 11 is 5.68. The number of phenols is 1. The first-order valence-corrected chi connectivity index (χ1v) is 4.45. The van der Waals surface area contributed by atoms with Gasteiger partial charge in [0.2, 0.25) is 0 Å². The van der Waals surface area contributed by atoms with Crippen molar-refractivity contribution in [3.05, 3.63) is 28.5 Å². The minimum Gasteiger partial charge on any atom is -0.505 e. The van der Waals surface area contributed by atoms with Crippen LogP contribution in [0.1, 0.15) is 18.0 Å². The predicted octanol–water partition coefficient (Wildman–Crippen LogP) is 1.66. The SMILES string of the molecule is NC(CC(=O)O)c1c(Cl)ccc(F)c1O. The Morgan fingerprint density at radius 2 is 2.20 bits per heavy atom. The van der Waals surface area contributed by atoms with Crippen LogP contribution < -0.4 is 5.73 Å². The van der Waals surface area contributed by atoms with E-state index >= 15 is 0 Å². The number of phenolic OH excluding ortho intramolecular Hbond substituents is 1. The second-order valence-corrected chi connectivity index (χ2v) is 3.40. The number of carbonyl (C=O) groups is 1. The molecule has 0 aliphatic rings. The van der Waals surface area contributed by atoms with Crippen LogP contribution in [0.4, 0.5) is 4.39 Å². The van der Waals surface area contributed by atoms with Crippen LogP contribution in [-0.2, 0) is 4.79 Å². The maximum atomic E-state index is 12.9. The number of hydrogen-bond acceptors (Lipinski definition) is 3. The lowest BCUT2D eigenvalue weighted by molar-refractivity contribution is -0.137. The van der Waals surface area contributed by atoms with Gasteiger partial charge >= 0.3 is 5.97 Å². The zero-order valence-electron chi connectivity index (χ0n) is 7.58. The molecule has 1 aromatic carbocycles. The van der Waals surface area contributed by atoms with E-state index in [4.69, 9.17) is 22.4 Å². The highest BCUT2D eigenvalue weighted by Crippen LogP contribution is 2.33. The molecule has 1 unspecified atom stereocenters. The van der Waals surface area contributed by atoms with E-state index in [-0.39, 0.29) is 10.6 Å². The lowest BCUT2D eigenvalue weighted by Crippen LogP contribution is -2.16. The zero-order chi connectivity index (χ0) is 11.6. The Balaban J connectivity index is 3.12. The van der Waals surface area contributed by atoms with Gasteiger partial charge in [0, 0.05) is 16.6 Å². The third-order valence-electron chi connectivity index (χ3n) is 1.88. The van der Waals surface area contributed by atoms with Crippen molar-refractivity contribution in [2.75, 3.05) is 0 Å². The van der Waals surface area contributed by atoms with Gasteiger partial charge in [-0.05, 0) is 12.1 Å². The molecule has 82 valence electrons. The van der Waals surface area contributed by atoms with Gasteiger partial charge in [-0.25, -0.2) is 4.39 Å².